The lowest BCUT2D eigenvalue weighted by atomic mass is 9.92. The molecule has 1 saturated carbocycles. The molecule has 1 saturated heterocycles. The maximum Gasteiger partial charge on any atom is 0.238 e. The summed E-state index contributed by atoms with van der Waals surface area (Å²) in [5, 5.41) is 4.28. The van der Waals surface area contributed by atoms with Crippen molar-refractivity contribution in [2.45, 2.75) is 43.8 Å². The molecule has 1 aliphatic carbocycles. The van der Waals surface area contributed by atoms with Crippen molar-refractivity contribution in [3.63, 3.8) is 0 Å². The molecule has 5 rings (SSSR count). The number of carbonyl (C=O) groups excluding carboxylic acids is 1. The molecule has 1 N–H and O–H groups in total. The van der Waals surface area contributed by atoms with Crippen molar-refractivity contribution in [3.05, 3.63) is 64.7 Å². The number of ether oxygens (including phenoxy) is 1. The van der Waals surface area contributed by atoms with Crippen molar-refractivity contribution < 1.29 is 9.53 Å². The summed E-state index contributed by atoms with van der Waals surface area (Å²) in [5.74, 6) is 0.480. The second kappa shape index (κ2) is 8.79. The van der Waals surface area contributed by atoms with Crippen LogP contribution in [-0.4, -0.2) is 62.3 Å². The van der Waals surface area contributed by atoms with Crippen LogP contribution in [0.3, 0.4) is 0 Å². The average molecular weight is 454 g/mol. The van der Waals surface area contributed by atoms with Crippen molar-refractivity contribution in [1.29, 1.82) is 0 Å². The molecule has 2 aliphatic heterocycles. The van der Waals surface area contributed by atoms with Crippen LogP contribution >= 0.6 is 11.6 Å². The van der Waals surface area contributed by atoms with Gasteiger partial charge >= 0.3 is 0 Å². The van der Waals surface area contributed by atoms with Gasteiger partial charge < -0.3 is 15.0 Å². The lowest BCUT2D eigenvalue weighted by Gasteiger charge is -2.35. The number of morpholine rings is 1. The van der Waals surface area contributed by atoms with Crippen LogP contribution in [0.15, 0.2) is 48.5 Å². The van der Waals surface area contributed by atoms with Gasteiger partial charge in [-0.15, -0.1) is 0 Å². The largest absolute Gasteiger partial charge is 0.373 e. The number of nitrogens with one attached hydrogen (secondary N) is 1. The fourth-order valence-corrected chi connectivity index (χ4v) is 5.81. The van der Waals surface area contributed by atoms with Crippen molar-refractivity contribution in [1.82, 2.24) is 10.2 Å². The monoisotopic (exact) mass is 453 g/mol. The van der Waals surface area contributed by atoms with Crippen molar-refractivity contribution >= 4 is 23.2 Å². The van der Waals surface area contributed by atoms with E-state index in [0.29, 0.717) is 18.8 Å². The minimum Gasteiger partial charge on any atom is -0.373 e. The molecule has 2 heterocycles. The van der Waals surface area contributed by atoms with Crippen LogP contribution in [0, 0.1) is 0 Å². The van der Waals surface area contributed by atoms with Crippen LogP contribution in [0.4, 0.5) is 5.69 Å². The number of anilines is 1. The van der Waals surface area contributed by atoms with E-state index in [-0.39, 0.29) is 11.8 Å². The molecule has 32 heavy (non-hydrogen) atoms. The molecule has 2 fully saturated rings. The first-order valence-electron chi connectivity index (χ1n) is 11.7. The lowest BCUT2D eigenvalue weighted by molar-refractivity contribution is -0.120. The Kier molecular flexibility index (Phi) is 6.01. The molecule has 4 unspecified atom stereocenters. The molecular formula is C26H32ClN3O2. The van der Waals surface area contributed by atoms with E-state index in [0.717, 1.165) is 49.9 Å². The molecule has 0 radical (unpaired) electrons. The summed E-state index contributed by atoms with van der Waals surface area (Å²) in [6.45, 7) is 9.65. The molecule has 4 atom stereocenters. The van der Waals surface area contributed by atoms with E-state index in [1.807, 2.05) is 23.1 Å². The second-order valence-corrected chi connectivity index (χ2v) is 9.96. The zero-order chi connectivity index (χ0) is 22.3. The van der Waals surface area contributed by atoms with Crippen molar-refractivity contribution in [3.8, 4) is 0 Å². The highest BCUT2D eigenvalue weighted by molar-refractivity contribution is 6.30. The molecule has 2 aromatic rings. The Bertz CT molecular complexity index is 971. The summed E-state index contributed by atoms with van der Waals surface area (Å²) in [6, 6.07) is 16.3. The Hall–Kier alpha value is -1.92. The van der Waals surface area contributed by atoms with Crippen LogP contribution < -0.4 is 10.2 Å². The van der Waals surface area contributed by atoms with Crippen LogP contribution in [0.2, 0.25) is 5.02 Å². The quantitative estimate of drug-likeness (QED) is 0.647. The van der Waals surface area contributed by atoms with Gasteiger partial charge in [0.15, 0.2) is 0 Å². The summed E-state index contributed by atoms with van der Waals surface area (Å²) in [5.41, 5.74) is 3.06. The Morgan fingerprint density at radius 3 is 2.47 bits per heavy atom. The molecule has 2 aromatic carbocycles. The number of amides is 1. The Morgan fingerprint density at radius 1 is 1.03 bits per heavy atom. The van der Waals surface area contributed by atoms with E-state index in [4.69, 9.17) is 16.3 Å². The number of hydrogen-bond acceptors (Lipinski definition) is 4. The van der Waals surface area contributed by atoms with Crippen LogP contribution in [0.1, 0.15) is 37.3 Å². The smallest absolute Gasteiger partial charge is 0.238 e. The standard InChI is InChI=1S/C26H32ClN3O2/c1-18-16-29(17-19(2)32-18)13-11-28-12-14-30-24-6-4-3-5-22(24)26(25(30)31)15-23(26)20-7-9-21(27)10-8-20/h3-10,18-19,23,28H,11-17H2,1-2H3. The highest BCUT2D eigenvalue weighted by atomic mass is 35.5. The van der Waals surface area contributed by atoms with Crippen molar-refractivity contribution in [2.75, 3.05) is 44.2 Å². The molecule has 3 aliphatic rings. The predicted octanol–water partition coefficient (Wildman–Crippen LogP) is 3.81. The van der Waals surface area contributed by atoms with Gasteiger partial charge in [-0.1, -0.05) is 41.9 Å². The number of fused-ring (bicyclic) bond motifs is 2. The third-order valence-corrected chi connectivity index (χ3v) is 7.40. The molecule has 6 heteroatoms. The maximum atomic E-state index is 13.6. The number of rotatable bonds is 7. The van der Waals surface area contributed by atoms with Gasteiger partial charge in [0.05, 0.1) is 17.6 Å². The lowest BCUT2D eigenvalue weighted by Crippen LogP contribution is -2.48. The summed E-state index contributed by atoms with van der Waals surface area (Å²) < 4.78 is 5.82. The summed E-state index contributed by atoms with van der Waals surface area (Å²) in [6.07, 6.45) is 1.46. The van der Waals surface area contributed by atoms with E-state index in [1.165, 1.54) is 11.1 Å². The topological polar surface area (TPSA) is 44.8 Å². The number of benzene rings is 2. The predicted molar refractivity (Wildman–Crippen MR) is 129 cm³/mol. The van der Waals surface area contributed by atoms with Gasteiger partial charge in [-0.05, 0) is 49.6 Å². The van der Waals surface area contributed by atoms with Gasteiger partial charge in [0.1, 0.15) is 0 Å². The SMILES string of the molecule is CC1CN(CCNCCN2C(=O)C3(CC3c3ccc(Cl)cc3)c3ccccc32)CC(C)O1. The highest BCUT2D eigenvalue weighted by Gasteiger charge is 2.66. The fourth-order valence-electron chi connectivity index (χ4n) is 5.69. The zero-order valence-electron chi connectivity index (χ0n) is 18.9. The van der Waals surface area contributed by atoms with Crippen LogP contribution in [0.25, 0.3) is 0 Å². The Balaban J connectivity index is 1.20. The minimum atomic E-state index is -0.398. The van der Waals surface area contributed by atoms with E-state index >= 15 is 0 Å². The van der Waals surface area contributed by atoms with Gasteiger partial charge in [0.25, 0.3) is 0 Å². The molecule has 1 amide bonds. The van der Waals surface area contributed by atoms with E-state index in [9.17, 15) is 4.79 Å². The van der Waals surface area contributed by atoms with E-state index in [2.05, 4.69) is 54.4 Å². The Morgan fingerprint density at radius 2 is 1.72 bits per heavy atom. The number of hydrogen-bond donors (Lipinski definition) is 1. The van der Waals surface area contributed by atoms with Crippen molar-refractivity contribution in [2.24, 2.45) is 0 Å². The molecule has 5 nitrogen and oxygen atoms in total. The molecule has 1 spiro atoms. The molecular weight excluding hydrogens is 422 g/mol. The molecule has 0 aromatic heterocycles. The van der Waals surface area contributed by atoms with Gasteiger partial charge in [0.2, 0.25) is 5.91 Å². The first-order valence-corrected chi connectivity index (χ1v) is 12.1. The van der Waals surface area contributed by atoms with E-state index in [1.54, 1.807) is 0 Å². The first-order chi connectivity index (χ1) is 15.5. The third kappa shape index (κ3) is 3.96. The number of carbonyl (C=O) groups is 1. The van der Waals surface area contributed by atoms with Gasteiger partial charge in [-0.25, -0.2) is 0 Å². The van der Waals surface area contributed by atoms with Gasteiger partial charge in [-0.3, -0.25) is 9.69 Å². The first kappa shape index (κ1) is 21.9. The summed E-state index contributed by atoms with van der Waals surface area (Å²) in [4.78, 5) is 18.1. The third-order valence-electron chi connectivity index (χ3n) is 7.15. The highest BCUT2D eigenvalue weighted by Crippen LogP contribution is 2.66. The Labute approximate surface area is 195 Å². The maximum absolute atomic E-state index is 13.6. The number of nitrogens with zero attached hydrogens (tertiary/aromatic N) is 2. The summed E-state index contributed by atoms with van der Waals surface area (Å²) in [7, 11) is 0. The minimum absolute atomic E-state index is 0.233. The van der Waals surface area contributed by atoms with E-state index < -0.39 is 5.41 Å². The fraction of sp³-hybridized carbons (Fsp3) is 0.500. The number of halogens is 1. The average Bonchev–Trinajstić information content (AvgIpc) is 3.47. The van der Waals surface area contributed by atoms with Crippen LogP contribution in [-0.2, 0) is 14.9 Å². The number of para-hydroxylation sites is 1. The van der Waals surface area contributed by atoms with Gasteiger partial charge in [-0.2, -0.15) is 0 Å². The second-order valence-electron chi connectivity index (χ2n) is 9.52. The molecule has 170 valence electrons. The molecule has 0 bridgehead atoms. The van der Waals surface area contributed by atoms with Crippen LogP contribution in [0.5, 0.6) is 0 Å². The zero-order valence-corrected chi connectivity index (χ0v) is 19.6. The normalized spacial score (nSPS) is 29.5. The summed E-state index contributed by atoms with van der Waals surface area (Å²) >= 11 is 6.08. The van der Waals surface area contributed by atoms with Gasteiger partial charge in [0, 0.05) is 55.9 Å².